The minimum Gasteiger partial charge on any atom is -0.458 e. The zero-order chi connectivity index (χ0) is 18.3. The van der Waals surface area contributed by atoms with Gasteiger partial charge in [-0.3, -0.25) is 0 Å². The van der Waals surface area contributed by atoms with Crippen molar-refractivity contribution in [2.24, 2.45) is 0 Å². The summed E-state index contributed by atoms with van der Waals surface area (Å²) in [5, 5.41) is 10.6. The fourth-order valence-electron chi connectivity index (χ4n) is 2.08. The molecule has 1 heterocycles. The molecule has 2 unspecified atom stereocenters. The Labute approximate surface area is 144 Å². The van der Waals surface area contributed by atoms with Gasteiger partial charge in [0.1, 0.15) is 11.7 Å². The largest absolute Gasteiger partial charge is 0.458 e. The molecule has 7 nitrogen and oxygen atoms in total. The van der Waals surface area contributed by atoms with E-state index in [1.807, 2.05) is 23.6 Å². The summed E-state index contributed by atoms with van der Waals surface area (Å²) in [7, 11) is 3.82. The number of nitrogens with zero attached hydrogens (tertiary/aromatic N) is 3. The molecule has 0 radical (unpaired) electrons. The molecular formula is C17H31N3O4. The summed E-state index contributed by atoms with van der Waals surface area (Å²) in [5.74, 6) is -0.584. The van der Waals surface area contributed by atoms with Gasteiger partial charge in [0.15, 0.2) is 6.10 Å². The lowest BCUT2D eigenvalue weighted by Crippen LogP contribution is -2.38. The number of hydrogen-bond donors (Lipinski definition) is 1. The van der Waals surface area contributed by atoms with Crippen LogP contribution in [-0.2, 0) is 20.8 Å². The molecule has 0 aliphatic heterocycles. The molecule has 0 saturated carbocycles. The zero-order valence-electron chi connectivity index (χ0n) is 15.7. The Hall–Kier alpha value is -1.44. The molecule has 0 saturated heterocycles. The van der Waals surface area contributed by atoms with E-state index in [4.69, 9.17) is 9.47 Å². The standard InChI is InChI=1S/C17H31N3O4/c1-7-8-20-11-13(18-12-20)14(21)15(23-10-9-19(5)6)16(22)24-17(2,3)4/h11-12,14-15,21H,7-10H2,1-6H3. The Kier molecular flexibility index (Phi) is 7.86. The van der Waals surface area contributed by atoms with E-state index in [1.54, 1.807) is 33.3 Å². The van der Waals surface area contributed by atoms with E-state index in [2.05, 4.69) is 11.9 Å². The van der Waals surface area contributed by atoms with Crippen LogP contribution in [0.3, 0.4) is 0 Å². The van der Waals surface area contributed by atoms with Crippen molar-refractivity contribution in [1.82, 2.24) is 14.5 Å². The normalized spacial score (nSPS) is 14.7. The highest BCUT2D eigenvalue weighted by molar-refractivity contribution is 5.76. The first-order valence-corrected chi connectivity index (χ1v) is 8.33. The number of rotatable bonds is 9. The number of aromatic nitrogens is 2. The number of esters is 1. The van der Waals surface area contributed by atoms with Crippen LogP contribution in [0.2, 0.25) is 0 Å². The van der Waals surface area contributed by atoms with Crippen molar-refractivity contribution in [3.63, 3.8) is 0 Å². The lowest BCUT2D eigenvalue weighted by atomic mass is 10.1. The summed E-state index contributed by atoms with van der Waals surface area (Å²) in [5.41, 5.74) is -0.245. The van der Waals surface area contributed by atoms with Gasteiger partial charge in [-0.25, -0.2) is 9.78 Å². The van der Waals surface area contributed by atoms with Crippen LogP contribution in [0.15, 0.2) is 12.5 Å². The highest BCUT2D eigenvalue weighted by Gasteiger charge is 2.34. The molecule has 1 aromatic heterocycles. The average Bonchev–Trinajstić information content (AvgIpc) is 2.89. The topological polar surface area (TPSA) is 76.8 Å². The predicted molar refractivity (Wildman–Crippen MR) is 91.6 cm³/mol. The first-order chi connectivity index (χ1) is 11.1. The van der Waals surface area contributed by atoms with Crippen molar-refractivity contribution < 1.29 is 19.4 Å². The molecule has 2 atom stereocenters. The van der Waals surface area contributed by atoms with Gasteiger partial charge in [0.25, 0.3) is 0 Å². The molecule has 0 aromatic carbocycles. The van der Waals surface area contributed by atoms with Crippen LogP contribution in [-0.4, -0.2) is 64.5 Å². The first kappa shape index (κ1) is 20.6. The molecule has 0 fully saturated rings. The smallest absolute Gasteiger partial charge is 0.338 e. The average molecular weight is 341 g/mol. The van der Waals surface area contributed by atoms with E-state index in [0.29, 0.717) is 18.8 Å². The number of aliphatic hydroxyl groups excluding tert-OH is 1. The van der Waals surface area contributed by atoms with Crippen molar-refractivity contribution >= 4 is 5.97 Å². The molecule has 1 aromatic rings. The summed E-state index contributed by atoms with van der Waals surface area (Å²) in [6.45, 7) is 9.15. The van der Waals surface area contributed by atoms with Gasteiger partial charge in [0.05, 0.1) is 18.6 Å². The molecule has 0 aliphatic rings. The van der Waals surface area contributed by atoms with E-state index in [1.165, 1.54) is 0 Å². The minimum absolute atomic E-state index is 0.309. The predicted octanol–water partition coefficient (Wildman–Crippen LogP) is 1.61. The summed E-state index contributed by atoms with van der Waals surface area (Å²) in [6, 6.07) is 0. The third-order valence-corrected chi connectivity index (χ3v) is 3.20. The van der Waals surface area contributed by atoms with E-state index in [9.17, 15) is 9.90 Å². The van der Waals surface area contributed by atoms with Gasteiger partial charge in [0.2, 0.25) is 0 Å². The van der Waals surface area contributed by atoms with Crippen LogP contribution in [0, 0.1) is 0 Å². The first-order valence-electron chi connectivity index (χ1n) is 8.33. The second kappa shape index (κ2) is 9.15. The van der Waals surface area contributed by atoms with E-state index >= 15 is 0 Å². The van der Waals surface area contributed by atoms with E-state index in [0.717, 1.165) is 13.0 Å². The van der Waals surface area contributed by atoms with Crippen LogP contribution in [0.25, 0.3) is 0 Å². The van der Waals surface area contributed by atoms with Crippen LogP contribution in [0.5, 0.6) is 0 Å². The van der Waals surface area contributed by atoms with E-state index in [-0.39, 0.29) is 0 Å². The lowest BCUT2D eigenvalue weighted by molar-refractivity contribution is -0.177. The van der Waals surface area contributed by atoms with Crippen LogP contribution < -0.4 is 0 Å². The number of hydrogen-bond acceptors (Lipinski definition) is 6. The molecule has 1 rings (SSSR count). The fourth-order valence-corrected chi connectivity index (χ4v) is 2.08. The monoisotopic (exact) mass is 341 g/mol. The van der Waals surface area contributed by atoms with Gasteiger partial charge in [-0.15, -0.1) is 0 Å². The Balaban J connectivity index is 2.86. The molecule has 0 aliphatic carbocycles. The SMILES string of the molecule is CCCn1cnc(C(O)C(OCCN(C)C)C(=O)OC(C)(C)C)c1. The second-order valence-electron chi connectivity index (χ2n) is 7.11. The van der Waals surface area contributed by atoms with Gasteiger partial charge in [-0.2, -0.15) is 0 Å². The van der Waals surface area contributed by atoms with Gasteiger partial charge < -0.3 is 24.0 Å². The van der Waals surface area contributed by atoms with E-state index < -0.39 is 23.8 Å². The highest BCUT2D eigenvalue weighted by atomic mass is 16.6. The fraction of sp³-hybridized carbons (Fsp3) is 0.765. The highest BCUT2D eigenvalue weighted by Crippen LogP contribution is 2.21. The molecule has 7 heteroatoms. The Bertz CT molecular complexity index is 508. The zero-order valence-corrected chi connectivity index (χ0v) is 15.7. The van der Waals surface area contributed by atoms with Crippen LogP contribution >= 0.6 is 0 Å². The molecule has 1 N–H and O–H groups in total. The number of ether oxygens (including phenoxy) is 2. The molecular weight excluding hydrogens is 310 g/mol. The molecule has 24 heavy (non-hydrogen) atoms. The molecule has 0 spiro atoms. The second-order valence-corrected chi connectivity index (χ2v) is 7.11. The van der Waals surface area contributed by atoms with Crippen molar-refractivity contribution in [2.45, 2.75) is 58.5 Å². The van der Waals surface area contributed by atoms with Crippen LogP contribution in [0.1, 0.15) is 45.9 Å². The van der Waals surface area contributed by atoms with Crippen molar-refractivity contribution in [2.75, 3.05) is 27.2 Å². The molecule has 0 amide bonds. The maximum Gasteiger partial charge on any atom is 0.338 e. The van der Waals surface area contributed by atoms with Crippen molar-refractivity contribution in [3.05, 3.63) is 18.2 Å². The quantitative estimate of drug-likeness (QED) is 0.688. The molecule has 0 bridgehead atoms. The third kappa shape index (κ3) is 6.98. The van der Waals surface area contributed by atoms with Crippen molar-refractivity contribution in [3.8, 4) is 0 Å². The summed E-state index contributed by atoms with van der Waals surface area (Å²) >= 11 is 0. The lowest BCUT2D eigenvalue weighted by Gasteiger charge is -2.26. The van der Waals surface area contributed by atoms with Crippen molar-refractivity contribution in [1.29, 1.82) is 0 Å². The van der Waals surface area contributed by atoms with Gasteiger partial charge in [0, 0.05) is 19.3 Å². The van der Waals surface area contributed by atoms with Crippen LogP contribution in [0.4, 0.5) is 0 Å². The number of imidazole rings is 1. The number of aryl methyl sites for hydroxylation is 1. The third-order valence-electron chi connectivity index (χ3n) is 3.20. The Morgan fingerprint density at radius 1 is 1.42 bits per heavy atom. The number of carbonyl (C=O) groups is 1. The summed E-state index contributed by atoms with van der Waals surface area (Å²) in [6.07, 6.45) is 2.07. The van der Waals surface area contributed by atoms with Gasteiger partial charge in [-0.05, 0) is 41.3 Å². The minimum atomic E-state index is -1.17. The summed E-state index contributed by atoms with van der Waals surface area (Å²) < 4.78 is 12.9. The Morgan fingerprint density at radius 2 is 2.08 bits per heavy atom. The molecule has 138 valence electrons. The number of carbonyl (C=O) groups excluding carboxylic acids is 1. The maximum atomic E-state index is 12.4. The number of likely N-dealkylation sites (N-methyl/N-ethyl adjacent to an activating group) is 1. The Morgan fingerprint density at radius 3 is 2.62 bits per heavy atom. The van der Waals surface area contributed by atoms with Gasteiger partial charge >= 0.3 is 5.97 Å². The number of aliphatic hydroxyl groups is 1. The van der Waals surface area contributed by atoms with Gasteiger partial charge in [-0.1, -0.05) is 6.92 Å². The summed E-state index contributed by atoms with van der Waals surface area (Å²) in [4.78, 5) is 18.6. The maximum absolute atomic E-state index is 12.4.